The number of hydrogen-bond acceptors (Lipinski definition) is 3. The van der Waals surface area contributed by atoms with E-state index in [0.717, 1.165) is 35.1 Å². The predicted molar refractivity (Wildman–Crippen MR) is 88.0 cm³/mol. The van der Waals surface area contributed by atoms with Crippen molar-refractivity contribution in [3.05, 3.63) is 28.2 Å². The van der Waals surface area contributed by atoms with Gasteiger partial charge in [0.15, 0.2) is 0 Å². The van der Waals surface area contributed by atoms with Gasteiger partial charge in [0.2, 0.25) is 5.54 Å². The van der Waals surface area contributed by atoms with Gasteiger partial charge >= 0.3 is 5.97 Å². The Hall–Kier alpha value is -1.40. The minimum Gasteiger partial charge on any atom is -0.466 e. The Balaban J connectivity index is 1.81. The van der Waals surface area contributed by atoms with Gasteiger partial charge in [0.25, 0.3) is 5.91 Å². The highest BCUT2D eigenvalue weighted by Crippen LogP contribution is 2.45. The van der Waals surface area contributed by atoms with Crippen LogP contribution >= 0.6 is 15.9 Å². The molecule has 1 unspecified atom stereocenters. The molecule has 1 spiro atoms. The first-order valence-corrected chi connectivity index (χ1v) is 9.01. The van der Waals surface area contributed by atoms with Gasteiger partial charge in [-0.25, -0.2) is 0 Å². The average Bonchev–Trinajstić information content (AvgIpc) is 3.16. The third-order valence-corrected chi connectivity index (χ3v) is 6.13. The highest BCUT2D eigenvalue weighted by molar-refractivity contribution is 9.10. The van der Waals surface area contributed by atoms with Gasteiger partial charge in [0.1, 0.15) is 12.0 Å². The molecule has 0 bridgehead atoms. The number of fused-ring (bicyclic) bond motifs is 4. The zero-order chi connectivity index (χ0) is 16.2. The number of quaternary nitrogens is 1. The standard InChI is InChI=1S/C17H19BrN2O3/c1-2-23-15(21)11-9-17(20-7-3-4-14(11)20)12-8-10(18)5-6-13(12)19-16(17)22/h5-6,8,11,14H,2-4,7,9H2,1H3,(H,19,22)/p+1/t11-,14+,17+/m1/s1. The largest absolute Gasteiger partial charge is 0.466 e. The lowest BCUT2D eigenvalue weighted by molar-refractivity contribution is -0.947. The Kier molecular flexibility index (Phi) is 3.50. The van der Waals surface area contributed by atoms with Crippen LogP contribution < -0.4 is 10.2 Å². The zero-order valence-electron chi connectivity index (χ0n) is 13.0. The van der Waals surface area contributed by atoms with Crippen LogP contribution in [0.1, 0.15) is 31.7 Å². The Morgan fingerprint density at radius 1 is 1.52 bits per heavy atom. The summed E-state index contributed by atoms with van der Waals surface area (Å²) in [6.45, 7) is 3.15. The van der Waals surface area contributed by atoms with Crippen molar-refractivity contribution in [3.63, 3.8) is 0 Å². The van der Waals surface area contributed by atoms with Crippen molar-refractivity contribution in [2.45, 2.75) is 37.8 Å². The Morgan fingerprint density at radius 3 is 3.13 bits per heavy atom. The van der Waals surface area contributed by atoms with E-state index in [9.17, 15) is 9.59 Å². The van der Waals surface area contributed by atoms with Gasteiger partial charge in [-0.05, 0) is 25.1 Å². The number of amides is 1. The number of carbonyl (C=O) groups excluding carboxylic acids is 2. The number of hydrogen-bond donors (Lipinski definition) is 2. The summed E-state index contributed by atoms with van der Waals surface area (Å²) in [5.74, 6) is -0.313. The molecular formula is C17H20BrN2O3+. The van der Waals surface area contributed by atoms with Crippen LogP contribution in [0.2, 0.25) is 0 Å². The fraction of sp³-hybridized carbons (Fsp3) is 0.529. The predicted octanol–water partition coefficient (Wildman–Crippen LogP) is 1.23. The third kappa shape index (κ3) is 2.01. The highest BCUT2D eigenvalue weighted by atomic mass is 79.9. The molecule has 122 valence electrons. The van der Waals surface area contributed by atoms with Crippen LogP contribution in [-0.4, -0.2) is 31.1 Å². The molecule has 0 saturated carbocycles. The van der Waals surface area contributed by atoms with Crippen LogP contribution in [0.5, 0.6) is 0 Å². The van der Waals surface area contributed by atoms with E-state index in [1.54, 1.807) is 0 Å². The van der Waals surface area contributed by atoms with Crippen molar-refractivity contribution in [2.24, 2.45) is 5.92 Å². The smallest absolute Gasteiger partial charge is 0.315 e. The molecule has 1 aromatic rings. The van der Waals surface area contributed by atoms with Crippen LogP contribution in [0.4, 0.5) is 5.69 Å². The van der Waals surface area contributed by atoms with Gasteiger partial charge in [0.05, 0.1) is 18.8 Å². The second kappa shape index (κ2) is 5.31. The summed E-state index contributed by atoms with van der Waals surface area (Å²) in [7, 11) is 0. The second-order valence-corrected chi connectivity index (χ2v) is 7.55. The van der Waals surface area contributed by atoms with Gasteiger partial charge < -0.3 is 15.0 Å². The summed E-state index contributed by atoms with van der Waals surface area (Å²) in [6, 6.07) is 6.09. The molecule has 1 amide bonds. The first-order valence-electron chi connectivity index (χ1n) is 8.22. The molecular weight excluding hydrogens is 360 g/mol. The zero-order valence-corrected chi connectivity index (χ0v) is 14.6. The summed E-state index contributed by atoms with van der Waals surface area (Å²) < 4.78 is 6.25. The van der Waals surface area contributed by atoms with Crippen LogP contribution in [0.15, 0.2) is 22.7 Å². The summed E-state index contributed by atoms with van der Waals surface area (Å²) in [5, 5.41) is 3.03. The molecule has 2 N–H and O–H groups in total. The Labute approximate surface area is 143 Å². The molecule has 1 aromatic carbocycles. The summed E-state index contributed by atoms with van der Waals surface area (Å²) in [6.07, 6.45) is 2.58. The van der Waals surface area contributed by atoms with E-state index in [2.05, 4.69) is 21.2 Å². The number of halogens is 1. The van der Waals surface area contributed by atoms with Crippen molar-refractivity contribution in [1.82, 2.24) is 0 Å². The van der Waals surface area contributed by atoms with E-state index in [0.29, 0.717) is 13.0 Å². The molecule has 6 heteroatoms. The number of carbonyl (C=O) groups is 2. The molecule has 0 aliphatic carbocycles. The van der Waals surface area contributed by atoms with E-state index in [-0.39, 0.29) is 23.8 Å². The topological polar surface area (TPSA) is 59.8 Å². The Bertz CT molecular complexity index is 692. The molecule has 3 aliphatic rings. The van der Waals surface area contributed by atoms with E-state index >= 15 is 0 Å². The number of benzene rings is 1. The molecule has 0 aromatic heterocycles. The number of rotatable bonds is 2. The molecule has 3 heterocycles. The summed E-state index contributed by atoms with van der Waals surface area (Å²) in [5.41, 5.74) is 1.25. The first kappa shape index (κ1) is 15.1. The maximum atomic E-state index is 12.9. The van der Waals surface area contributed by atoms with Crippen molar-refractivity contribution < 1.29 is 19.2 Å². The monoisotopic (exact) mass is 379 g/mol. The SMILES string of the molecule is CCOC(=O)[C@@H]1C[C@]2(C(=O)Nc3ccc(Br)cc32)[NH+]2CCC[C@@H]12. The lowest BCUT2D eigenvalue weighted by atomic mass is 9.84. The van der Waals surface area contributed by atoms with Crippen molar-refractivity contribution >= 4 is 33.5 Å². The minimum absolute atomic E-state index is 0.0271. The highest BCUT2D eigenvalue weighted by Gasteiger charge is 2.67. The fourth-order valence-electron chi connectivity index (χ4n) is 4.80. The van der Waals surface area contributed by atoms with Crippen LogP contribution in [-0.2, 0) is 19.9 Å². The average molecular weight is 380 g/mol. The summed E-state index contributed by atoms with van der Waals surface area (Å²) in [4.78, 5) is 26.6. The molecule has 23 heavy (non-hydrogen) atoms. The number of esters is 1. The second-order valence-electron chi connectivity index (χ2n) is 6.64. The quantitative estimate of drug-likeness (QED) is 0.759. The van der Waals surface area contributed by atoms with E-state index < -0.39 is 5.54 Å². The Morgan fingerprint density at radius 2 is 2.35 bits per heavy atom. The van der Waals surface area contributed by atoms with E-state index in [1.165, 1.54) is 4.90 Å². The molecule has 2 fully saturated rings. The van der Waals surface area contributed by atoms with Crippen molar-refractivity contribution in [1.29, 1.82) is 0 Å². The maximum absolute atomic E-state index is 12.9. The van der Waals surface area contributed by atoms with E-state index in [4.69, 9.17) is 4.74 Å². The van der Waals surface area contributed by atoms with Gasteiger partial charge in [-0.15, -0.1) is 0 Å². The van der Waals surface area contributed by atoms with Crippen molar-refractivity contribution in [2.75, 3.05) is 18.5 Å². The maximum Gasteiger partial charge on any atom is 0.315 e. The molecule has 4 rings (SSSR count). The van der Waals surface area contributed by atoms with Gasteiger partial charge in [-0.1, -0.05) is 15.9 Å². The summed E-state index contributed by atoms with van der Waals surface area (Å²) >= 11 is 3.52. The van der Waals surface area contributed by atoms with Gasteiger partial charge in [0, 0.05) is 29.3 Å². The molecule has 4 atom stereocenters. The molecule has 3 aliphatic heterocycles. The third-order valence-electron chi connectivity index (χ3n) is 5.64. The van der Waals surface area contributed by atoms with Crippen LogP contribution in [0.25, 0.3) is 0 Å². The lowest BCUT2D eigenvalue weighted by Gasteiger charge is -2.29. The lowest BCUT2D eigenvalue weighted by Crippen LogP contribution is -3.19. The minimum atomic E-state index is -0.641. The van der Waals surface area contributed by atoms with Crippen LogP contribution in [0, 0.1) is 5.92 Å². The van der Waals surface area contributed by atoms with Gasteiger partial charge in [-0.2, -0.15) is 0 Å². The number of nitrogens with one attached hydrogen (secondary N) is 2. The molecule has 0 radical (unpaired) electrons. The van der Waals surface area contributed by atoms with Crippen molar-refractivity contribution in [3.8, 4) is 0 Å². The number of ether oxygens (including phenoxy) is 1. The first-order chi connectivity index (χ1) is 11.1. The normalized spacial score (nSPS) is 34.3. The van der Waals surface area contributed by atoms with Crippen LogP contribution in [0.3, 0.4) is 0 Å². The molecule has 2 saturated heterocycles. The van der Waals surface area contributed by atoms with Gasteiger partial charge in [-0.3, -0.25) is 9.59 Å². The fourth-order valence-corrected chi connectivity index (χ4v) is 5.16. The van der Waals surface area contributed by atoms with E-state index in [1.807, 2.05) is 25.1 Å². The molecule has 5 nitrogen and oxygen atoms in total. The number of anilines is 1.